The molecule has 0 saturated carbocycles. The highest BCUT2D eigenvalue weighted by molar-refractivity contribution is 7.71. The Morgan fingerprint density at radius 3 is 2.67 bits per heavy atom. The fourth-order valence-electron chi connectivity index (χ4n) is 2.39. The van der Waals surface area contributed by atoms with E-state index in [1.807, 2.05) is 0 Å². The number of aromatic nitrogens is 1. The molecule has 1 nitrogen and oxygen atoms in total. The van der Waals surface area contributed by atoms with Crippen LogP contribution in [0.5, 0.6) is 0 Å². The van der Waals surface area contributed by atoms with Gasteiger partial charge in [-0.25, -0.2) is 0 Å². The van der Waals surface area contributed by atoms with Crippen molar-refractivity contribution in [2.75, 3.05) is 0 Å². The number of aromatic amines is 1. The Morgan fingerprint density at radius 2 is 1.87 bits per heavy atom. The monoisotopic (exact) mass is 215 g/mol. The van der Waals surface area contributed by atoms with Crippen LogP contribution in [-0.2, 0) is 12.8 Å². The number of benzene rings is 1. The lowest BCUT2D eigenvalue weighted by Gasteiger charge is -2.04. The summed E-state index contributed by atoms with van der Waals surface area (Å²) in [5.41, 5.74) is 5.37. The molecule has 3 rings (SSSR count). The zero-order valence-electron chi connectivity index (χ0n) is 8.76. The van der Waals surface area contributed by atoms with Crippen molar-refractivity contribution in [3.05, 3.63) is 39.5 Å². The molecule has 0 spiro atoms. The van der Waals surface area contributed by atoms with Gasteiger partial charge in [-0.3, -0.25) is 0 Å². The summed E-state index contributed by atoms with van der Waals surface area (Å²) in [7, 11) is 0. The molecule has 1 heterocycles. The topological polar surface area (TPSA) is 15.8 Å². The molecule has 0 aliphatic heterocycles. The lowest BCUT2D eigenvalue weighted by atomic mass is 10.1. The first-order chi connectivity index (χ1) is 7.24. The van der Waals surface area contributed by atoms with Crippen molar-refractivity contribution < 1.29 is 0 Å². The maximum Gasteiger partial charge on any atom is 0.106 e. The van der Waals surface area contributed by atoms with Crippen molar-refractivity contribution >= 4 is 23.1 Å². The second-order valence-electron chi connectivity index (χ2n) is 4.34. The van der Waals surface area contributed by atoms with Crippen LogP contribution in [0.1, 0.15) is 23.1 Å². The average molecular weight is 215 g/mol. The zero-order chi connectivity index (χ0) is 10.4. The molecule has 0 unspecified atom stereocenters. The van der Waals surface area contributed by atoms with Crippen LogP contribution in [0, 0.1) is 11.6 Å². The summed E-state index contributed by atoms with van der Waals surface area (Å²) >= 11 is 5.25. The Labute approximate surface area is 94.1 Å². The highest BCUT2D eigenvalue weighted by atomic mass is 32.1. The Kier molecular flexibility index (Phi) is 1.93. The lowest BCUT2D eigenvalue weighted by Crippen LogP contribution is -1.88. The van der Waals surface area contributed by atoms with E-state index in [2.05, 4.69) is 30.1 Å². The van der Waals surface area contributed by atoms with Gasteiger partial charge in [0, 0.05) is 5.52 Å². The van der Waals surface area contributed by atoms with Crippen molar-refractivity contribution in [2.45, 2.75) is 26.2 Å². The zero-order valence-corrected chi connectivity index (χ0v) is 9.58. The van der Waals surface area contributed by atoms with E-state index in [1.165, 1.54) is 41.3 Å². The summed E-state index contributed by atoms with van der Waals surface area (Å²) in [6.45, 7) is 2.06. The van der Waals surface area contributed by atoms with Crippen molar-refractivity contribution in [1.82, 2.24) is 4.98 Å². The van der Waals surface area contributed by atoms with Crippen molar-refractivity contribution in [2.24, 2.45) is 0 Å². The van der Waals surface area contributed by atoms with Gasteiger partial charge >= 0.3 is 0 Å². The number of H-pyrrole nitrogens is 1. The maximum absolute atomic E-state index is 5.25. The highest BCUT2D eigenvalue weighted by Crippen LogP contribution is 2.26. The van der Waals surface area contributed by atoms with E-state index < -0.39 is 0 Å². The van der Waals surface area contributed by atoms with Gasteiger partial charge in [-0.05, 0) is 66.5 Å². The molecule has 0 amide bonds. The molecule has 1 N–H and O–H groups in total. The standard InChI is InChI=1S/C13H13NS/c1-8-5-11-6-9-3-2-4-10(9)7-12(11)14-13(8)15/h5-7H,2-4H2,1H3,(H,14,15). The van der Waals surface area contributed by atoms with Crippen LogP contribution in [0.25, 0.3) is 10.9 Å². The Balaban J connectivity index is 2.38. The van der Waals surface area contributed by atoms with Gasteiger partial charge < -0.3 is 4.98 Å². The fourth-order valence-corrected chi connectivity index (χ4v) is 2.56. The summed E-state index contributed by atoms with van der Waals surface area (Å²) < 4.78 is 0.862. The van der Waals surface area contributed by atoms with Crippen molar-refractivity contribution in [1.29, 1.82) is 0 Å². The van der Waals surface area contributed by atoms with Gasteiger partial charge in [0.2, 0.25) is 0 Å². The molecule has 1 aromatic carbocycles. The fraction of sp³-hybridized carbons (Fsp3) is 0.308. The third-order valence-electron chi connectivity index (χ3n) is 3.24. The van der Waals surface area contributed by atoms with Crippen molar-refractivity contribution in [3.8, 4) is 0 Å². The molecule has 1 aromatic heterocycles. The van der Waals surface area contributed by atoms with Gasteiger partial charge in [-0.2, -0.15) is 0 Å². The van der Waals surface area contributed by atoms with Crippen LogP contribution in [0.15, 0.2) is 18.2 Å². The largest absolute Gasteiger partial charge is 0.346 e. The first-order valence-corrected chi connectivity index (χ1v) is 5.80. The van der Waals surface area contributed by atoms with Crippen LogP contribution in [-0.4, -0.2) is 4.98 Å². The first-order valence-electron chi connectivity index (χ1n) is 5.39. The molecule has 2 aromatic rings. The second kappa shape index (κ2) is 3.17. The normalized spacial score (nSPS) is 14.5. The molecule has 15 heavy (non-hydrogen) atoms. The number of rotatable bonds is 0. The van der Waals surface area contributed by atoms with Crippen LogP contribution in [0.4, 0.5) is 0 Å². The maximum atomic E-state index is 5.25. The number of hydrogen-bond donors (Lipinski definition) is 1. The van der Waals surface area contributed by atoms with Crippen LogP contribution >= 0.6 is 12.2 Å². The van der Waals surface area contributed by atoms with Gasteiger partial charge in [0.05, 0.1) is 0 Å². The Morgan fingerprint density at radius 1 is 1.13 bits per heavy atom. The van der Waals surface area contributed by atoms with E-state index in [0.29, 0.717) is 0 Å². The molecule has 0 atom stereocenters. The number of hydrogen-bond acceptors (Lipinski definition) is 1. The van der Waals surface area contributed by atoms with E-state index in [0.717, 1.165) is 10.2 Å². The molecule has 76 valence electrons. The molecular weight excluding hydrogens is 202 g/mol. The van der Waals surface area contributed by atoms with Gasteiger partial charge in [-0.1, -0.05) is 12.2 Å². The van der Waals surface area contributed by atoms with Crippen molar-refractivity contribution in [3.63, 3.8) is 0 Å². The quantitative estimate of drug-likeness (QED) is 0.663. The molecule has 0 saturated heterocycles. The predicted molar refractivity (Wildman–Crippen MR) is 65.9 cm³/mol. The average Bonchev–Trinajstić information content (AvgIpc) is 2.63. The second-order valence-corrected chi connectivity index (χ2v) is 4.75. The highest BCUT2D eigenvalue weighted by Gasteiger charge is 2.11. The molecule has 0 radical (unpaired) electrons. The van der Waals surface area contributed by atoms with Crippen LogP contribution in [0.2, 0.25) is 0 Å². The predicted octanol–water partition coefficient (Wildman–Crippen LogP) is 3.69. The lowest BCUT2D eigenvalue weighted by molar-refractivity contribution is 0.912. The Bertz CT molecular complexity index is 595. The van der Waals surface area contributed by atoms with Gasteiger partial charge in [0.15, 0.2) is 0 Å². The Hall–Kier alpha value is -1.15. The smallest absolute Gasteiger partial charge is 0.106 e. The van der Waals surface area contributed by atoms with E-state index in [9.17, 15) is 0 Å². The molecule has 0 bridgehead atoms. The molecule has 1 aliphatic rings. The minimum absolute atomic E-state index is 0.862. The third-order valence-corrected chi connectivity index (χ3v) is 3.67. The summed E-state index contributed by atoms with van der Waals surface area (Å²) in [4.78, 5) is 3.30. The summed E-state index contributed by atoms with van der Waals surface area (Å²) in [6, 6.07) is 6.77. The number of nitrogens with one attached hydrogen (secondary N) is 1. The van der Waals surface area contributed by atoms with E-state index in [-0.39, 0.29) is 0 Å². The van der Waals surface area contributed by atoms with E-state index in [1.54, 1.807) is 0 Å². The number of aryl methyl sites for hydroxylation is 3. The molecule has 2 heteroatoms. The molecular formula is C13H13NS. The molecule has 0 fully saturated rings. The van der Waals surface area contributed by atoms with E-state index in [4.69, 9.17) is 12.2 Å². The molecule has 1 aliphatic carbocycles. The number of pyridine rings is 1. The van der Waals surface area contributed by atoms with Gasteiger partial charge in [-0.15, -0.1) is 0 Å². The van der Waals surface area contributed by atoms with Gasteiger partial charge in [0.25, 0.3) is 0 Å². The minimum Gasteiger partial charge on any atom is -0.346 e. The summed E-state index contributed by atoms with van der Waals surface area (Å²) in [5, 5.41) is 1.29. The number of fused-ring (bicyclic) bond motifs is 2. The minimum atomic E-state index is 0.862. The van der Waals surface area contributed by atoms with Crippen LogP contribution in [0.3, 0.4) is 0 Å². The summed E-state index contributed by atoms with van der Waals surface area (Å²) in [6.07, 6.45) is 3.76. The SMILES string of the molecule is Cc1cc2cc3c(cc2[nH]c1=S)CCC3. The van der Waals surface area contributed by atoms with Crippen LogP contribution < -0.4 is 0 Å². The third kappa shape index (κ3) is 1.40. The van der Waals surface area contributed by atoms with E-state index >= 15 is 0 Å². The summed E-state index contributed by atoms with van der Waals surface area (Å²) in [5.74, 6) is 0. The first kappa shape index (κ1) is 9.10. The van der Waals surface area contributed by atoms with Gasteiger partial charge in [0.1, 0.15) is 4.64 Å².